The normalized spacial score (nSPS) is 19.0. The Hall–Kier alpha value is -2.95. The minimum Gasteiger partial charge on any atom is -0.469 e. The molecular weight excluding hydrogens is 314 g/mol. The molecule has 0 unspecified atom stereocenters. The molecule has 0 saturated heterocycles. The summed E-state index contributed by atoms with van der Waals surface area (Å²) >= 11 is 0. The van der Waals surface area contributed by atoms with E-state index in [0.717, 1.165) is 30.1 Å². The molecule has 1 aliphatic heterocycles. The Labute approximate surface area is 145 Å². The first kappa shape index (κ1) is 14.4. The van der Waals surface area contributed by atoms with Gasteiger partial charge in [0, 0.05) is 37.2 Å². The van der Waals surface area contributed by atoms with Crippen LogP contribution in [0.3, 0.4) is 0 Å². The van der Waals surface area contributed by atoms with Gasteiger partial charge in [-0.3, -0.25) is 4.79 Å². The quantitative estimate of drug-likeness (QED) is 0.717. The molecule has 0 fully saturated rings. The summed E-state index contributed by atoms with van der Waals surface area (Å²) in [4.78, 5) is 23.9. The lowest BCUT2D eigenvalue weighted by atomic mass is 9.85. The van der Waals surface area contributed by atoms with Crippen molar-refractivity contribution < 1.29 is 9.21 Å². The Balaban J connectivity index is 1.52. The van der Waals surface area contributed by atoms with Crippen molar-refractivity contribution in [3.63, 3.8) is 0 Å². The summed E-state index contributed by atoms with van der Waals surface area (Å²) in [6.45, 7) is 0.869. The van der Waals surface area contributed by atoms with E-state index in [4.69, 9.17) is 9.40 Å². The maximum absolute atomic E-state index is 12.5. The molecular formula is C20H17N3O2. The average molecular weight is 331 g/mol. The molecule has 2 aliphatic rings. The molecule has 3 heterocycles. The molecule has 5 heteroatoms. The summed E-state index contributed by atoms with van der Waals surface area (Å²) < 4.78 is 5.51. The number of rotatable bonds is 2. The van der Waals surface area contributed by atoms with Crippen LogP contribution in [0.15, 0.2) is 53.3 Å². The van der Waals surface area contributed by atoms with Crippen LogP contribution in [0.25, 0.3) is 0 Å². The molecule has 0 amide bonds. The maximum atomic E-state index is 12.5. The summed E-state index contributed by atoms with van der Waals surface area (Å²) in [6.07, 6.45) is 5.50. The van der Waals surface area contributed by atoms with Crippen molar-refractivity contribution >= 4 is 17.4 Å². The van der Waals surface area contributed by atoms with Crippen molar-refractivity contribution in [3.8, 4) is 0 Å². The monoisotopic (exact) mass is 331 g/mol. The summed E-state index contributed by atoms with van der Waals surface area (Å²) in [5, 5.41) is 0. The molecule has 0 radical (unpaired) electrons. The predicted octanol–water partition coefficient (Wildman–Crippen LogP) is 3.68. The number of fused-ring (bicyclic) bond motifs is 2. The van der Waals surface area contributed by atoms with Crippen LogP contribution in [-0.2, 0) is 12.8 Å². The Bertz CT molecular complexity index is 949. The standard InChI is InChI=1S/C20H17N3O2/c24-18-11-14(19-6-3-9-25-19)10-16-15(18)12-21-20(22-16)23-8-7-13-4-1-2-5-17(13)23/h1-6,9,12,14H,7-8,10-11H2/t14-/m1/s1. The van der Waals surface area contributed by atoms with Gasteiger partial charge in [0.15, 0.2) is 5.78 Å². The minimum atomic E-state index is 0.0589. The fourth-order valence-electron chi connectivity index (χ4n) is 3.84. The first-order valence-electron chi connectivity index (χ1n) is 8.57. The SMILES string of the molecule is O=C1C[C@H](c2ccco2)Cc2nc(N3CCc4ccccc43)ncc21. The van der Waals surface area contributed by atoms with E-state index in [9.17, 15) is 4.79 Å². The van der Waals surface area contributed by atoms with E-state index in [2.05, 4.69) is 28.1 Å². The van der Waals surface area contributed by atoms with E-state index in [1.165, 1.54) is 5.56 Å². The van der Waals surface area contributed by atoms with Crippen LogP contribution < -0.4 is 4.90 Å². The summed E-state index contributed by atoms with van der Waals surface area (Å²) in [6, 6.07) is 12.1. The van der Waals surface area contributed by atoms with Crippen LogP contribution in [0.4, 0.5) is 11.6 Å². The molecule has 0 saturated carbocycles. The van der Waals surface area contributed by atoms with Gasteiger partial charge in [-0.15, -0.1) is 0 Å². The lowest BCUT2D eigenvalue weighted by Gasteiger charge is -2.23. The van der Waals surface area contributed by atoms with Crippen molar-refractivity contribution in [2.75, 3.05) is 11.4 Å². The number of benzene rings is 1. The van der Waals surface area contributed by atoms with Gasteiger partial charge in [-0.1, -0.05) is 18.2 Å². The van der Waals surface area contributed by atoms with Gasteiger partial charge >= 0.3 is 0 Å². The summed E-state index contributed by atoms with van der Waals surface area (Å²) in [5.74, 6) is 1.68. The third-order valence-corrected chi connectivity index (χ3v) is 5.10. The van der Waals surface area contributed by atoms with Crippen LogP contribution in [0, 0.1) is 0 Å². The van der Waals surface area contributed by atoms with Crippen molar-refractivity contribution in [2.24, 2.45) is 0 Å². The highest BCUT2D eigenvalue weighted by Gasteiger charge is 2.31. The molecule has 0 spiro atoms. The number of aromatic nitrogens is 2. The number of nitrogens with zero attached hydrogens (tertiary/aromatic N) is 3. The fourth-order valence-corrected chi connectivity index (χ4v) is 3.84. The van der Waals surface area contributed by atoms with Crippen molar-refractivity contribution in [1.82, 2.24) is 9.97 Å². The van der Waals surface area contributed by atoms with E-state index in [1.54, 1.807) is 12.5 Å². The smallest absolute Gasteiger partial charge is 0.230 e. The lowest BCUT2D eigenvalue weighted by Crippen LogP contribution is -2.23. The van der Waals surface area contributed by atoms with Crippen molar-refractivity contribution in [2.45, 2.75) is 25.2 Å². The van der Waals surface area contributed by atoms with E-state index >= 15 is 0 Å². The molecule has 124 valence electrons. The first-order chi connectivity index (χ1) is 12.3. The number of Topliss-reactive ketones (excluding diaryl/α,β-unsaturated/α-hetero) is 1. The number of furan rings is 1. The summed E-state index contributed by atoms with van der Waals surface area (Å²) in [7, 11) is 0. The van der Waals surface area contributed by atoms with E-state index in [-0.39, 0.29) is 11.7 Å². The van der Waals surface area contributed by atoms with Gasteiger partial charge in [0.05, 0.1) is 17.5 Å². The number of carbonyl (C=O) groups excluding carboxylic acids is 1. The molecule has 2 aromatic heterocycles. The second kappa shape index (κ2) is 5.55. The van der Waals surface area contributed by atoms with Crippen molar-refractivity contribution in [1.29, 1.82) is 0 Å². The number of carbonyl (C=O) groups is 1. The highest BCUT2D eigenvalue weighted by molar-refractivity contribution is 5.98. The third-order valence-electron chi connectivity index (χ3n) is 5.10. The van der Waals surface area contributed by atoms with Crippen LogP contribution in [0.2, 0.25) is 0 Å². The zero-order valence-electron chi connectivity index (χ0n) is 13.7. The number of hydrogen-bond donors (Lipinski definition) is 0. The van der Waals surface area contributed by atoms with Crippen LogP contribution in [0.5, 0.6) is 0 Å². The highest BCUT2D eigenvalue weighted by atomic mass is 16.3. The lowest BCUT2D eigenvalue weighted by molar-refractivity contribution is 0.0958. The van der Waals surface area contributed by atoms with Crippen LogP contribution >= 0.6 is 0 Å². The molecule has 1 aliphatic carbocycles. The van der Waals surface area contributed by atoms with Crippen LogP contribution in [-0.4, -0.2) is 22.3 Å². The van der Waals surface area contributed by atoms with Crippen LogP contribution in [0.1, 0.15) is 39.7 Å². The van der Waals surface area contributed by atoms with Gasteiger partial charge in [0.2, 0.25) is 5.95 Å². The average Bonchev–Trinajstić information content (AvgIpc) is 3.31. The first-order valence-corrected chi connectivity index (χ1v) is 8.57. The van der Waals surface area contributed by atoms with Gasteiger partial charge in [-0.05, 0) is 30.2 Å². The Morgan fingerprint density at radius 2 is 2.04 bits per heavy atom. The van der Waals surface area contributed by atoms with E-state index in [0.29, 0.717) is 24.4 Å². The Kier molecular flexibility index (Phi) is 3.20. The third kappa shape index (κ3) is 2.35. The number of hydrogen-bond acceptors (Lipinski definition) is 5. The summed E-state index contributed by atoms with van der Waals surface area (Å²) in [5.41, 5.74) is 3.95. The minimum absolute atomic E-state index is 0.0589. The number of ketones is 1. The molecule has 0 bridgehead atoms. The molecule has 1 atom stereocenters. The maximum Gasteiger partial charge on any atom is 0.230 e. The van der Waals surface area contributed by atoms with Gasteiger partial charge in [-0.2, -0.15) is 0 Å². The number of anilines is 2. The number of para-hydroxylation sites is 1. The molecule has 5 nitrogen and oxygen atoms in total. The topological polar surface area (TPSA) is 59.2 Å². The van der Waals surface area contributed by atoms with E-state index < -0.39 is 0 Å². The molecule has 1 aromatic carbocycles. The van der Waals surface area contributed by atoms with E-state index in [1.807, 2.05) is 18.2 Å². The second-order valence-corrected chi connectivity index (χ2v) is 6.60. The molecule has 0 N–H and O–H groups in total. The van der Waals surface area contributed by atoms with Crippen molar-refractivity contribution in [3.05, 3.63) is 71.4 Å². The highest BCUT2D eigenvalue weighted by Crippen LogP contribution is 2.35. The molecule has 5 rings (SSSR count). The second-order valence-electron chi connectivity index (χ2n) is 6.60. The zero-order valence-corrected chi connectivity index (χ0v) is 13.7. The molecule has 3 aromatic rings. The van der Waals surface area contributed by atoms with Gasteiger partial charge in [0.1, 0.15) is 5.76 Å². The zero-order chi connectivity index (χ0) is 16.8. The van der Waals surface area contributed by atoms with Gasteiger partial charge in [-0.25, -0.2) is 9.97 Å². The predicted molar refractivity (Wildman–Crippen MR) is 93.3 cm³/mol. The van der Waals surface area contributed by atoms with Gasteiger partial charge in [0.25, 0.3) is 0 Å². The van der Waals surface area contributed by atoms with Gasteiger partial charge < -0.3 is 9.32 Å². The molecule has 25 heavy (non-hydrogen) atoms. The Morgan fingerprint density at radius 3 is 2.92 bits per heavy atom. The fraction of sp³-hybridized carbons (Fsp3) is 0.250. The Morgan fingerprint density at radius 1 is 1.12 bits per heavy atom. The largest absolute Gasteiger partial charge is 0.469 e.